The fourth-order valence-corrected chi connectivity index (χ4v) is 4.54. The average Bonchev–Trinajstić information content (AvgIpc) is 2.84. The van der Waals surface area contributed by atoms with E-state index in [4.69, 9.17) is 4.74 Å². The van der Waals surface area contributed by atoms with Crippen molar-refractivity contribution in [2.45, 2.75) is 38.7 Å². The molecule has 2 aliphatic heterocycles. The highest BCUT2D eigenvalue weighted by Crippen LogP contribution is 2.23. The third-order valence-corrected chi connectivity index (χ3v) is 5.68. The standard InChI is InChI=1S/C13H26N2O3S/c1-2-13-12(5-7-18-13)9-15-19(16,17)10-11-4-3-6-14-8-11/h11-15H,2-10H2,1H3. The molecule has 6 heteroatoms. The van der Waals surface area contributed by atoms with E-state index in [9.17, 15) is 8.42 Å². The van der Waals surface area contributed by atoms with Gasteiger partial charge in [-0.15, -0.1) is 0 Å². The molecular weight excluding hydrogens is 264 g/mol. The molecule has 2 heterocycles. The first-order chi connectivity index (χ1) is 9.11. The lowest BCUT2D eigenvalue weighted by Crippen LogP contribution is -2.39. The molecule has 112 valence electrons. The molecule has 0 radical (unpaired) electrons. The normalized spacial score (nSPS) is 32.6. The largest absolute Gasteiger partial charge is 0.378 e. The molecule has 0 bridgehead atoms. The van der Waals surface area contributed by atoms with Crippen LogP contribution in [0.4, 0.5) is 0 Å². The zero-order chi connectivity index (χ0) is 13.7. The molecule has 0 spiro atoms. The zero-order valence-corrected chi connectivity index (χ0v) is 12.5. The summed E-state index contributed by atoms with van der Waals surface area (Å²) in [6.07, 6.45) is 4.23. The van der Waals surface area contributed by atoms with Gasteiger partial charge in [0.05, 0.1) is 11.9 Å². The molecule has 0 aromatic carbocycles. The third-order valence-electron chi connectivity index (χ3n) is 4.17. The second kappa shape index (κ2) is 7.02. The SMILES string of the molecule is CCC1OCCC1CNS(=O)(=O)CC1CCCNC1. The minimum absolute atomic E-state index is 0.221. The Morgan fingerprint density at radius 1 is 1.37 bits per heavy atom. The van der Waals surface area contributed by atoms with Gasteiger partial charge in [0.2, 0.25) is 10.0 Å². The number of hydrogen-bond acceptors (Lipinski definition) is 4. The topological polar surface area (TPSA) is 67.4 Å². The van der Waals surface area contributed by atoms with Crippen molar-refractivity contribution in [1.29, 1.82) is 0 Å². The van der Waals surface area contributed by atoms with Gasteiger partial charge in [0.15, 0.2) is 0 Å². The van der Waals surface area contributed by atoms with E-state index in [-0.39, 0.29) is 17.8 Å². The highest BCUT2D eigenvalue weighted by atomic mass is 32.2. The smallest absolute Gasteiger partial charge is 0.211 e. The lowest BCUT2D eigenvalue weighted by atomic mass is 10.0. The molecule has 3 atom stereocenters. The van der Waals surface area contributed by atoms with Gasteiger partial charge in [-0.05, 0) is 44.7 Å². The monoisotopic (exact) mass is 290 g/mol. The van der Waals surface area contributed by atoms with Gasteiger partial charge in [-0.2, -0.15) is 0 Å². The molecule has 2 N–H and O–H groups in total. The van der Waals surface area contributed by atoms with Crippen LogP contribution in [-0.4, -0.2) is 46.5 Å². The van der Waals surface area contributed by atoms with Crippen LogP contribution in [0, 0.1) is 11.8 Å². The number of rotatable bonds is 6. The molecule has 0 aromatic rings. The van der Waals surface area contributed by atoms with Gasteiger partial charge in [-0.3, -0.25) is 0 Å². The summed E-state index contributed by atoms with van der Waals surface area (Å²) >= 11 is 0. The van der Waals surface area contributed by atoms with Crippen LogP contribution in [0.2, 0.25) is 0 Å². The van der Waals surface area contributed by atoms with Crippen LogP contribution < -0.4 is 10.0 Å². The van der Waals surface area contributed by atoms with Crippen molar-refractivity contribution in [1.82, 2.24) is 10.0 Å². The van der Waals surface area contributed by atoms with Gasteiger partial charge < -0.3 is 10.1 Å². The highest BCUT2D eigenvalue weighted by molar-refractivity contribution is 7.89. The molecule has 19 heavy (non-hydrogen) atoms. The summed E-state index contributed by atoms with van der Waals surface area (Å²) in [5, 5.41) is 3.26. The predicted octanol–water partition coefficient (Wildman–Crippen LogP) is 0.721. The summed E-state index contributed by atoms with van der Waals surface area (Å²) in [6.45, 7) is 5.22. The van der Waals surface area contributed by atoms with E-state index < -0.39 is 10.0 Å². The molecule has 2 rings (SSSR count). The summed E-state index contributed by atoms with van der Waals surface area (Å²) < 4.78 is 32.5. The van der Waals surface area contributed by atoms with Crippen LogP contribution in [0.25, 0.3) is 0 Å². The van der Waals surface area contributed by atoms with E-state index in [1.807, 2.05) is 0 Å². The van der Waals surface area contributed by atoms with Crippen LogP contribution >= 0.6 is 0 Å². The molecule has 5 nitrogen and oxygen atoms in total. The van der Waals surface area contributed by atoms with Crippen molar-refractivity contribution in [2.75, 3.05) is 32.0 Å². The van der Waals surface area contributed by atoms with Crippen LogP contribution in [0.5, 0.6) is 0 Å². The molecule has 0 amide bonds. The maximum atomic E-state index is 12.1. The number of nitrogens with one attached hydrogen (secondary N) is 2. The highest BCUT2D eigenvalue weighted by Gasteiger charge is 2.28. The summed E-state index contributed by atoms with van der Waals surface area (Å²) in [6, 6.07) is 0. The van der Waals surface area contributed by atoms with Crippen LogP contribution in [0.1, 0.15) is 32.6 Å². The van der Waals surface area contributed by atoms with Gasteiger partial charge in [-0.25, -0.2) is 13.1 Å². The Morgan fingerprint density at radius 2 is 2.21 bits per heavy atom. The van der Waals surface area contributed by atoms with E-state index in [0.717, 1.165) is 45.4 Å². The minimum atomic E-state index is -3.15. The van der Waals surface area contributed by atoms with Crippen molar-refractivity contribution in [2.24, 2.45) is 11.8 Å². The molecule has 0 saturated carbocycles. The maximum Gasteiger partial charge on any atom is 0.211 e. The molecule has 3 unspecified atom stereocenters. The number of ether oxygens (including phenoxy) is 1. The average molecular weight is 290 g/mol. The Balaban J connectivity index is 1.77. The quantitative estimate of drug-likeness (QED) is 0.756. The van der Waals surface area contributed by atoms with Crippen LogP contribution in [-0.2, 0) is 14.8 Å². The number of piperidine rings is 1. The summed E-state index contributed by atoms with van der Waals surface area (Å²) in [7, 11) is -3.15. The second-order valence-corrected chi connectivity index (χ2v) is 7.56. The van der Waals surface area contributed by atoms with E-state index >= 15 is 0 Å². The Hall–Kier alpha value is -0.170. The van der Waals surface area contributed by atoms with Crippen molar-refractivity contribution in [3.05, 3.63) is 0 Å². The second-order valence-electron chi connectivity index (χ2n) is 5.71. The Bertz CT molecular complexity index is 366. The van der Waals surface area contributed by atoms with Gasteiger partial charge in [0.1, 0.15) is 0 Å². The first kappa shape index (κ1) is 15.2. The van der Waals surface area contributed by atoms with Crippen LogP contribution in [0.3, 0.4) is 0 Å². The first-order valence-corrected chi connectivity index (χ1v) is 9.05. The van der Waals surface area contributed by atoms with E-state index in [1.54, 1.807) is 0 Å². The van der Waals surface area contributed by atoms with Crippen molar-refractivity contribution in [3.8, 4) is 0 Å². The third kappa shape index (κ3) is 4.70. The van der Waals surface area contributed by atoms with Crippen molar-refractivity contribution >= 4 is 10.0 Å². The van der Waals surface area contributed by atoms with Gasteiger partial charge >= 0.3 is 0 Å². The molecule has 2 fully saturated rings. The predicted molar refractivity (Wildman–Crippen MR) is 75.5 cm³/mol. The molecule has 0 aliphatic carbocycles. The van der Waals surface area contributed by atoms with Crippen molar-refractivity contribution < 1.29 is 13.2 Å². The first-order valence-electron chi connectivity index (χ1n) is 7.40. The fraction of sp³-hybridized carbons (Fsp3) is 1.00. The van der Waals surface area contributed by atoms with E-state index in [1.165, 1.54) is 0 Å². The Morgan fingerprint density at radius 3 is 2.89 bits per heavy atom. The van der Waals surface area contributed by atoms with Crippen molar-refractivity contribution in [3.63, 3.8) is 0 Å². The summed E-state index contributed by atoms with van der Waals surface area (Å²) in [5.74, 6) is 0.849. The van der Waals surface area contributed by atoms with Gasteiger partial charge in [-0.1, -0.05) is 6.92 Å². The van der Waals surface area contributed by atoms with Gasteiger partial charge in [0, 0.05) is 19.1 Å². The zero-order valence-electron chi connectivity index (χ0n) is 11.7. The Labute approximate surface area is 116 Å². The molecule has 0 aromatic heterocycles. The fourth-order valence-electron chi connectivity index (χ4n) is 3.05. The molecule has 2 aliphatic rings. The molecule has 2 saturated heterocycles. The Kier molecular flexibility index (Phi) is 5.62. The number of hydrogen-bond donors (Lipinski definition) is 2. The van der Waals surface area contributed by atoms with E-state index in [0.29, 0.717) is 12.5 Å². The summed E-state index contributed by atoms with van der Waals surface area (Å²) in [5.41, 5.74) is 0. The van der Waals surface area contributed by atoms with E-state index in [2.05, 4.69) is 17.0 Å². The minimum Gasteiger partial charge on any atom is -0.378 e. The lowest BCUT2D eigenvalue weighted by Gasteiger charge is -2.23. The maximum absolute atomic E-state index is 12.1. The number of sulfonamides is 1. The van der Waals surface area contributed by atoms with Crippen LogP contribution in [0.15, 0.2) is 0 Å². The lowest BCUT2D eigenvalue weighted by molar-refractivity contribution is 0.0884. The summed E-state index contributed by atoms with van der Waals surface area (Å²) in [4.78, 5) is 0. The van der Waals surface area contributed by atoms with Gasteiger partial charge in [0.25, 0.3) is 0 Å². The molecular formula is C13H26N2O3S.